The van der Waals surface area contributed by atoms with Gasteiger partial charge in [0.2, 0.25) is 0 Å². The Morgan fingerprint density at radius 1 is 1.45 bits per heavy atom. The molecule has 0 fully saturated rings. The number of amides is 1. The lowest BCUT2D eigenvalue weighted by molar-refractivity contribution is -0.118. The van der Waals surface area contributed by atoms with Gasteiger partial charge in [-0.25, -0.2) is 4.79 Å². The highest BCUT2D eigenvalue weighted by atomic mass is 16.5. The molecule has 0 saturated heterocycles. The molecular weight excluding hydrogens is 266 g/mol. The van der Waals surface area contributed by atoms with Crippen molar-refractivity contribution in [2.24, 2.45) is 0 Å². The maximum Gasteiger partial charge on any atom is 0.354 e. The van der Waals surface area contributed by atoms with Crippen LogP contribution in [0.1, 0.15) is 21.9 Å². The number of carboxylic acid groups (broad SMARTS) is 1. The monoisotopic (exact) mass is 279 g/mol. The summed E-state index contributed by atoms with van der Waals surface area (Å²) in [6, 6.07) is 3.07. The predicted octanol–water partition coefficient (Wildman–Crippen LogP) is 1.34. The summed E-state index contributed by atoms with van der Waals surface area (Å²) in [4.78, 5) is 25.3. The number of rotatable bonds is 5. The van der Waals surface area contributed by atoms with E-state index in [2.05, 4.69) is 15.5 Å². The minimum atomic E-state index is -1.15. The fourth-order valence-corrected chi connectivity index (χ4v) is 1.59. The normalized spacial score (nSPS) is 10.3. The second-order valence-electron chi connectivity index (χ2n) is 4.16. The smallest absolute Gasteiger partial charge is 0.354 e. The number of nitrogens with zero attached hydrogens (tertiary/aromatic N) is 1. The number of H-pyrrole nitrogens is 1. The van der Waals surface area contributed by atoms with Crippen molar-refractivity contribution in [1.29, 1.82) is 0 Å². The number of carbonyl (C=O) groups is 2. The van der Waals surface area contributed by atoms with E-state index in [4.69, 9.17) is 14.4 Å². The third kappa shape index (κ3) is 3.16. The van der Waals surface area contributed by atoms with Crippen molar-refractivity contribution in [2.75, 3.05) is 11.9 Å². The minimum absolute atomic E-state index is 0.0758. The van der Waals surface area contributed by atoms with E-state index in [0.717, 1.165) is 0 Å². The molecule has 8 heteroatoms. The number of ether oxygens (including phenoxy) is 1. The second-order valence-corrected chi connectivity index (χ2v) is 4.16. The predicted molar refractivity (Wildman–Crippen MR) is 67.9 cm³/mol. The average Bonchev–Trinajstić information content (AvgIpc) is 2.93. The van der Waals surface area contributed by atoms with Crippen LogP contribution in [0.2, 0.25) is 0 Å². The topological polar surface area (TPSA) is 117 Å². The van der Waals surface area contributed by atoms with E-state index < -0.39 is 11.9 Å². The van der Waals surface area contributed by atoms with E-state index in [1.807, 2.05) is 0 Å². The number of carboxylic acids is 1. The molecule has 0 unspecified atom stereocenters. The Labute approximate surface area is 113 Å². The largest absolute Gasteiger partial charge is 0.477 e. The molecule has 2 heterocycles. The lowest BCUT2D eigenvalue weighted by atomic mass is 10.3. The first-order valence-electron chi connectivity index (χ1n) is 5.74. The van der Waals surface area contributed by atoms with E-state index in [1.165, 1.54) is 12.1 Å². The van der Waals surface area contributed by atoms with Crippen LogP contribution in [0, 0.1) is 13.8 Å². The molecule has 0 aromatic carbocycles. The number of aryl methyl sites for hydroxylation is 2. The van der Waals surface area contributed by atoms with Crippen molar-refractivity contribution in [3.8, 4) is 5.88 Å². The Balaban J connectivity index is 1.96. The molecule has 2 aromatic heterocycles. The van der Waals surface area contributed by atoms with Crippen molar-refractivity contribution >= 4 is 17.6 Å². The van der Waals surface area contributed by atoms with Crippen molar-refractivity contribution < 1.29 is 24.0 Å². The summed E-state index contributed by atoms with van der Waals surface area (Å²) < 4.78 is 9.87. The number of carbonyl (C=O) groups excluding carboxylic acids is 1. The highest BCUT2D eigenvalue weighted by Crippen LogP contribution is 2.17. The summed E-state index contributed by atoms with van der Waals surface area (Å²) in [5.74, 6) is -0.884. The summed E-state index contributed by atoms with van der Waals surface area (Å²) >= 11 is 0. The fraction of sp³-hybridized carbons (Fsp3) is 0.250. The number of hydrogen-bond acceptors (Lipinski definition) is 5. The molecule has 2 aromatic rings. The van der Waals surface area contributed by atoms with Gasteiger partial charge < -0.3 is 24.7 Å². The summed E-state index contributed by atoms with van der Waals surface area (Å²) in [6.45, 7) is 3.09. The third-order valence-corrected chi connectivity index (χ3v) is 2.40. The molecule has 0 aliphatic heterocycles. The van der Waals surface area contributed by atoms with Crippen LogP contribution < -0.4 is 10.1 Å². The van der Waals surface area contributed by atoms with Gasteiger partial charge in [-0.3, -0.25) is 4.79 Å². The molecule has 2 rings (SSSR count). The van der Waals surface area contributed by atoms with E-state index in [1.54, 1.807) is 13.8 Å². The number of anilines is 1. The summed E-state index contributed by atoms with van der Waals surface area (Å²) in [7, 11) is 0. The molecule has 106 valence electrons. The van der Waals surface area contributed by atoms with Crippen molar-refractivity contribution in [3.63, 3.8) is 0 Å². The standard InChI is InChI=1S/C12H13N3O5/c1-6-3-8(11(13-6)12(17)18)14-9(16)5-19-10-4-7(2)20-15-10/h3-4,13H,5H2,1-2H3,(H,14,16)(H,17,18). The highest BCUT2D eigenvalue weighted by Gasteiger charge is 2.15. The Morgan fingerprint density at radius 3 is 2.80 bits per heavy atom. The first kappa shape index (κ1) is 13.7. The van der Waals surface area contributed by atoms with Crippen LogP contribution in [0.5, 0.6) is 5.88 Å². The highest BCUT2D eigenvalue weighted by molar-refractivity contribution is 6.00. The Bertz CT molecular complexity index is 643. The van der Waals surface area contributed by atoms with Crippen LogP contribution in [-0.4, -0.2) is 33.7 Å². The van der Waals surface area contributed by atoms with Crippen LogP contribution in [0.3, 0.4) is 0 Å². The molecule has 3 N–H and O–H groups in total. The number of aromatic carboxylic acids is 1. The van der Waals surface area contributed by atoms with Gasteiger partial charge in [0.05, 0.1) is 5.69 Å². The molecule has 0 aliphatic carbocycles. The van der Waals surface area contributed by atoms with E-state index in [0.29, 0.717) is 11.5 Å². The van der Waals surface area contributed by atoms with Gasteiger partial charge in [0.15, 0.2) is 6.61 Å². The third-order valence-electron chi connectivity index (χ3n) is 2.40. The number of hydrogen-bond donors (Lipinski definition) is 3. The van der Waals surface area contributed by atoms with Crippen LogP contribution in [0.15, 0.2) is 16.7 Å². The zero-order valence-corrected chi connectivity index (χ0v) is 10.9. The summed E-state index contributed by atoms with van der Waals surface area (Å²) in [6.07, 6.45) is 0. The first-order chi connectivity index (χ1) is 9.45. The zero-order valence-electron chi connectivity index (χ0n) is 10.9. The fourth-order valence-electron chi connectivity index (χ4n) is 1.59. The number of aromatic amines is 1. The van der Waals surface area contributed by atoms with Gasteiger partial charge in [-0.05, 0) is 25.1 Å². The molecule has 20 heavy (non-hydrogen) atoms. The van der Waals surface area contributed by atoms with Gasteiger partial charge in [-0.15, -0.1) is 0 Å². The number of aromatic nitrogens is 2. The lowest BCUT2D eigenvalue weighted by Gasteiger charge is -2.04. The maximum atomic E-state index is 11.7. The molecule has 1 amide bonds. The van der Waals surface area contributed by atoms with Gasteiger partial charge in [0.25, 0.3) is 11.8 Å². The Morgan fingerprint density at radius 2 is 2.20 bits per heavy atom. The summed E-state index contributed by atoms with van der Waals surface area (Å²) in [5.41, 5.74) is 0.749. The zero-order chi connectivity index (χ0) is 14.7. The van der Waals surface area contributed by atoms with Crippen LogP contribution in [0.25, 0.3) is 0 Å². The molecular formula is C12H13N3O5. The number of nitrogens with one attached hydrogen (secondary N) is 2. The van der Waals surface area contributed by atoms with Crippen LogP contribution >= 0.6 is 0 Å². The van der Waals surface area contributed by atoms with E-state index >= 15 is 0 Å². The average molecular weight is 279 g/mol. The minimum Gasteiger partial charge on any atom is -0.477 e. The lowest BCUT2D eigenvalue weighted by Crippen LogP contribution is -2.21. The van der Waals surface area contributed by atoms with Crippen molar-refractivity contribution in [3.05, 3.63) is 29.3 Å². The maximum absolute atomic E-state index is 11.7. The van der Waals surface area contributed by atoms with Gasteiger partial charge in [-0.2, -0.15) is 0 Å². The van der Waals surface area contributed by atoms with Crippen molar-refractivity contribution in [2.45, 2.75) is 13.8 Å². The molecule has 0 atom stereocenters. The molecule has 0 radical (unpaired) electrons. The van der Waals surface area contributed by atoms with Gasteiger partial charge in [0.1, 0.15) is 11.5 Å². The molecule has 0 aliphatic rings. The van der Waals surface area contributed by atoms with E-state index in [9.17, 15) is 9.59 Å². The molecule has 0 spiro atoms. The molecule has 8 nitrogen and oxygen atoms in total. The molecule has 0 bridgehead atoms. The Kier molecular flexibility index (Phi) is 3.74. The molecule has 0 saturated carbocycles. The van der Waals surface area contributed by atoms with E-state index in [-0.39, 0.29) is 23.9 Å². The quantitative estimate of drug-likeness (QED) is 0.760. The first-order valence-corrected chi connectivity index (χ1v) is 5.74. The second kappa shape index (κ2) is 5.47. The summed E-state index contributed by atoms with van der Waals surface area (Å²) in [5, 5.41) is 15.0. The van der Waals surface area contributed by atoms with Gasteiger partial charge >= 0.3 is 5.97 Å². The van der Waals surface area contributed by atoms with Gasteiger partial charge in [-0.1, -0.05) is 0 Å². The van der Waals surface area contributed by atoms with Crippen LogP contribution in [0.4, 0.5) is 5.69 Å². The van der Waals surface area contributed by atoms with Crippen LogP contribution in [-0.2, 0) is 4.79 Å². The van der Waals surface area contributed by atoms with Crippen molar-refractivity contribution in [1.82, 2.24) is 10.1 Å². The SMILES string of the molecule is Cc1cc(NC(=O)COc2cc(C)on2)c(C(=O)O)[nH]1. The Hall–Kier alpha value is -2.77. The van der Waals surface area contributed by atoms with Gasteiger partial charge in [0, 0.05) is 11.8 Å².